The van der Waals surface area contributed by atoms with Crippen LogP contribution in [0.3, 0.4) is 0 Å². The van der Waals surface area contributed by atoms with Gasteiger partial charge < -0.3 is 0 Å². The maximum absolute atomic E-state index is 3.98. The summed E-state index contributed by atoms with van der Waals surface area (Å²) >= 11 is 5.52. The first-order valence-corrected chi connectivity index (χ1v) is 4.12. The molecule has 0 aromatic rings. The fraction of sp³-hybridized carbons (Fsp3) is 0.667. The van der Waals surface area contributed by atoms with Gasteiger partial charge in [0.2, 0.25) is 0 Å². The van der Waals surface area contributed by atoms with Crippen molar-refractivity contribution in [2.75, 3.05) is 5.08 Å². The molecule has 0 bridgehead atoms. The molecule has 0 spiro atoms. The molecule has 0 saturated carbocycles. The first-order valence-electron chi connectivity index (χ1n) is 2.50. The third-order valence-corrected chi connectivity index (χ3v) is 1.26. The fourth-order valence-corrected chi connectivity index (χ4v) is 0.769. The Labute approximate surface area is 60.8 Å². The molecule has 46 valence electrons. The van der Waals surface area contributed by atoms with Crippen LogP contribution in [0.5, 0.6) is 0 Å². The Bertz CT molecular complexity index is 96.8. The number of thioether (sulfide) groups is 1. The van der Waals surface area contributed by atoms with Crippen LogP contribution in [0.1, 0.15) is 13.8 Å². The highest BCUT2D eigenvalue weighted by atomic mass is 32.2. The summed E-state index contributed by atoms with van der Waals surface area (Å²) in [5, 5.41) is 3.72. The minimum absolute atomic E-state index is 0.488. The summed E-state index contributed by atoms with van der Waals surface area (Å²) in [7, 11) is 0. The average molecular weight is 146 g/mol. The maximum Gasteiger partial charge on any atom is 0.0485 e. The highest BCUT2D eigenvalue weighted by Gasteiger charge is 1.79. The van der Waals surface area contributed by atoms with Crippen molar-refractivity contribution in [2.45, 2.75) is 13.8 Å². The molecule has 0 unspecified atom stereocenters. The van der Waals surface area contributed by atoms with Crippen LogP contribution in [0, 0.1) is 17.1 Å². The van der Waals surface area contributed by atoms with Crippen LogP contribution < -0.4 is 0 Å². The van der Waals surface area contributed by atoms with Crippen molar-refractivity contribution < 1.29 is 0 Å². The predicted molar refractivity (Wildman–Crippen MR) is 44.1 cm³/mol. The van der Waals surface area contributed by atoms with Crippen LogP contribution in [0.2, 0.25) is 0 Å². The van der Waals surface area contributed by atoms with E-state index in [4.69, 9.17) is 0 Å². The summed E-state index contributed by atoms with van der Waals surface area (Å²) in [5.74, 6) is 3.50. The van der Waals surface area contributed by atoms with E-state index in [1.165, 1.54) is 11.8 Å². The summed E-state index contributed by atoms with van der Waals surface area (Å²) < 4.78 is 0. The molecule has 0 amide bonds. The van der Waals surface area contributed by atoms with E-state index >= 15 is 0 Å². The van der Waals surface area contributed by atoms with Crippen molar-refractivity contribution in [3.8, 4) is 11.2 Å². The van der Waals surface area contributed by atoms with Gasteiger partial charge in [-0.05, 0) is 5.25 Å². The molecule has 0 aliphatic carbocycles. The van der Waals surface area contributed by atoms with Crippen LogP contribution >= 0.6 is 24.4 Å². The van der Waals surface area contributed by atoms with Crippen LogP contribution in [0.4, 0.5) is 0 Å². The Balaban J connectivity index is 3.20. The SMILES string of the molecule is CC(C)C#CSCS. The molecular formula is C6H10S2. The van der Waals surface area contributed by atoms with Crippen molar-refractivity contribution in [1.82, 2.24) is 0 Å². The minimum atomic E-state index is 0.488. The maximum atomic E-state index is 3.98. The molecule has 0 aliphatic rings. The molecule has 0 saturated heterocycles. The second kappa shape index (κ2) is 5.40. The van der Waals surface area contributed by atoms with E-state index < -0.39 is 0 Å². The van der Waals surface area contributed by atoms with Crippen LogP contribution in [0.15, 0.2) is 0 Å². The summed E-state index contributed by atoms with van der Waals surface area (Å²) in [6.45, 7) is 4.15. The van der Waals surface area contributed by atoms with Gasteiger partial charge in [0.05, 0.1) is 0 Å². The summed E-state index contributed by atoms with van der Waals surface area (Å²) in [6, 6.07) is 0. The third-order valence-electron chi connectivity index (χ3n) is 0.484. The van der Waals surface area contributed by atoms with Gasteiger partial charge in [0.1, 0.15) is 0 Å². The van der Waals surface area contributed by atoms with E-state index in [0.717, 1.165) is 5.08 Å². The fourth-order valence-electron chi connectivity index (χ4n) is 0.192. The van der Waals surface area contributed by atoms with Crippen LogP contribution in [-0.2, 0) is 0 Å². The molecule has 0 N–H and O–H groups in total. The lowest BCUT2D eigenvalue weighted by Gasteiger charge is -1.84. The Morgan fingerprint density at radius 3 is 2.62 bits per heavy atom. The lowest BCUT2D eigenvalue weighted by Crippen LogP contribution is -1.75. The molecule has 0 rings (SSSR count). The van der Waals surface area contributed by atoms with Crippen molar-refractivity contribution in [3.63, 3.8) is 0 Å². The van der Waals surface area contributed by atoms with E-state index in [-0.39, 0.29) is 0 Å². The van der Waals surface area contributed by atoms with Crippen LogP contribution in [0.25, 0.3) is 0 Å². The standard InChI is InChI=1S/C6H10S2/c1-6(2)3-4-8-5-7/h6-7H,5H2,1-2H3. The van der Waals surface area contributed by atoms with E-state index in [0.29, 0.717) is 5.92 Å². The van der Waals surface area contributed by atoms with Crippen molar-refractivity contribution in [2.24, 2.45) is 5.92 Å². The van der Waals surface area contributed by atoms with E-state index in [1.807, 2.05) is 0 Å². The summed E-state index contributed by atoms with van der Waals surface area (Å²) in [5.41, 5.74) is 0. The third kappa shape index (κ3) is 6.26. The molecule has 0 aromatic heterocycles. The van der Waals surface area contributed by atoms with Gasteiger partial charge in [-0.3, -0.25) is 0 Å². The monoisotopic (exact) mass is 146 g/mol. The Hall–Kier alpha value is 0.260. The first kappa shape index (κ1) is 8.26. The first-order chi connectivity index (χ1) is 3.77. The molecule has 0 radical (unpaired) electrons. The Kier molecular flexibility index (Phi) is 5.57. The Morgan fingerprint density at radius 2 is 2.25 bits per heavy atom. The summed E-state index contributed by atoms with van der Waals surface area (Å²) in [6.07, 6.45) is 0. The second-order valence-electron chi connectivity index (χ2n) is 1.67. The quantitative estimate of drug-likeness (QED) is 0.336. The van der Waals surface area contributed by atoms with Gasteiger partial charge in [0.25, 0.3) is 0 Å². The molecule has 0 nitrogen and oxygen atoms in total. The van der Waals surface area contributed by atoms with Crippen molar-refractivity contribution >= 4 is 24.4 Å². The van der Waals surface area contributed by atoms with E-state index in [2.05, 4.69) is 37.6 Å². The molecule has 0 heterocycles. The number of hydrogen-bond acceptors (Lipinski definition) is 2. The zero-order valence-corrected chi connectivity index (χ0v) is 6.85. The lowest BCUT2D eigenvalue weighted by atomic mass is 10.2. The topological polar surface area (TPSA) is 0 Å². The van der Waals surface area contributed by atoms with Crippen molar-refractivity contribution in [3.05, 3.63) is 0 Å². The lowest BCUT2D eigenvalue weighted by molar-refractivity contribution is 0.867. The molecule has 0 aliphatic heterocycles. The minimum Gasteiger partial charge on any atom is -0.167 e. The molecular weight excluding hydrogens is 136 g/mol. The Morgan fingerprint density at radius 1 is 1.62 bits per heavy atom. The van der Waals surface area contributed by atoms with Gasteiger partial charge in [0, 0.05) is 11.0 Å². The van der Waals surface area contributed by atoms with Gasteiger partial charge in [0.15, 0.2) is 0 Å². The van der Waals surface area contributed by atoms with Gasteiger partial charge in [-0.1, -0.05) is 31.5 Å². The van der Waals surface area contributed by atoms with E-state index in [9.17, 15) is 0 Å². The molecule has 8 heavy (non-hydrogen) atoms. The molecule has 0 fully saturated rings. The number of hydrogen-bond donors (Lipinski definition) is 1. The van der Waals surface area contributed by atoms with E-state index in [1.54, 1.807) is 0 Å². The molecule has 2 heteroatoms. The normalized spacial score (nSPS) is 8.50. The molecule has 0 atom stereocenters. The largest absolute Gasteiger partial charge is 0.167 e. The van der Waals surface area contributed by atoms with Gasteiger partial charge in [-0.15, -0.1) is 0 Å². The highest BCUT2D eigenvalue weighted by molar-refractivity contribution is 8.12. The summed E-state index contributed by atoms with van der Waals surface area (Å²) in [4.78, 5) is 0. The van der Waals surface area contributed by atoms with Gasteiger partial charge in [-0.25, -0.2) is 0 Å². The van der Waals surface area contributed by atoms with Crippen molar-refractivity contribution in [1.29, 1.82) is 0 Å². The van der Waals surface area contributed by atoms with Gasteiger partial charge >= 0.3 is 0 Å². The smallest absolute Gasteiger partial charge is 0.0485 e. The zero-order valence-electron chi connectivity index (χ0n) is 5.14. The highest BCUT2D eigenvalue weighted by Crippen LogP contribution is 1.98. The second-order valence-corrected chi connectivity index (χ2v) is 3.20. The predicted octanol–water partition coefficient (Wildman–Crippen LogP) is 2.22. The number of thiol groups is 1. The van der Waals surface area contributed by atoms with Crippen LogP contribution in [-0.4, -0.2) is 5.08 Å². The van der Waals surface area contributed by atoms with Gasteiger partial charge in [-0.2, -0.15) is 12.6 Å². The average Bonchev–Trinajstić information content (AvgIpc) is 1.66. The molecule has 0 aromatic carbocycles. The number of rotatable bonds is 1. The zero-order chi connectivity index (χ0) is 6.41.